The molecule has 1 fully saturated rings. The van der Waals surface area contributed by atoms with E-state index in [9.17, 15) is 5.11 Å². The van der Waals surface area contributed by atoms with Crippen LogP contribution in [0.3, 0.4) is 0 Å². The van der Waals surface area contributed by atoms with Gasteiger partial charge in [-0.25, -0.2) is 13.8 Å². The third kappa shape index (κ3) is 6.47. The Hall–Kier alpha value is -3.03. The Labute approximate surface area is 237 Å². The molecule has 0 bridgehead atoms. The summed E-state index contributed by atoms with van der Waals surface area (Å²) in [5.41, 5.74) is 4.65. The second-order valence-corrected chi connectivity index (χ2v) is 11.2. The molecular formula is C33H43F2N3O2. The molecule has 1 unspecified atom stereocenters. The molecule has 5 nitrogen and oxygen atoms in total. The topological polar surface area (TPSA) is 58.8 Å². The van der Waals surface area contributed by atoms with Crippen LogP contribution in [0.15, 0.2) is 47.8 Å². The predicted octanol–water partition coefficient (Wildman–Crippen LogP) is 7.89. The lowest BCUT2D eigenvalue weighted by Crippen LogP contribution is -2.18. The van der Waals surface area contributed by atoms with Gasteiger partial charge in [0.25, 0.3) is 0 Å². The molecule has 1 atom stereocenters. The quantitative estimate of drug-likeness (QED) is 0.227. The summed E-state index contributed by atoms with van der Waals surface area (Å²) in [6, 6.07) is 6.66. The van der Waals surface area contributed by atoms with Gasteiger partial charge in [-0.2, -0.15) is 0 Å². The lowest BCUT2D eigenvalue weighted by atomic mass is 9.99. The first kappa shape index (κ1) is 29.9. The summed E-state index contributed by atoms with van der Waals surface area (Å²) in [6.07, 6.45) is 8.95. The number of nitrogens with one attached hydrogen (secondary N) is 1. The highest BCUT2D eigenvalue weighted by atomic mass is 19.1. The Morgan fingerprint density at radius 2 is 1.85 bits per heavy atom. The number of nitrogens with zero attached hydrogens (tertiary/aromatic N) is 2. The molecule has 3 aromatic rings. The number of ether oxygens (including phenoxy) is 1. The molecule has 1 saturated carbocycles. The van der Waals surface area contributed by atoms with Crippen LogP contribution in [0.4, 0.5) is 8.78 Å². The first-order chi connectivity index (χ1) is 19.1. The Balaban J connectivity index is 1.79. The number of hydrogen-bond acceptors (Lipinski definition) is 4. The van der Waals surface area contributed by atoms with E-state index in [1.165, 1.54) is 12.1 Å². The Morgan fingerprint density at radius 3 is 2.45 bits per heavy atom. The minimum absolute atomic E-state index is 0.0717. The van der Waals surface area contributed by atoms with E-state index in [0.717, 1.165) is 54.5 Å². The second-order valence-electron chi connectivity index (χ2n) is 11.2. The van der Waals surface area contributed by atoms with E-state index < -0.39 is 17.2 Å². The molecule has 0 radical (unpaired) electrons. The zero-order valence-corrected chi connectivity index (χ0v) is 24.7. The SMILES string of the molecule is CCCOC(CCC)Cc1c(-c2c(F)cc(/C(N/C=C(\C)C3(O)CC3)=C(\C)CC)cc2F)nc2cc(C)ccn12. The molecule has 0 amide bonds. The fourth-order valence-electron chi connectivity index (χ4n) is 5.06. The summed E-state index contributed by atoms with van der Waals surface area (Å²) in [5, 5.41) is 13.6. The van der Waals surface area contributed by atoms with Crippen LogP contribution in [0, 0.1) is 18.6 Å². The fourth-order valence-corrected chi connectivity index (χ4v) is 5.06. The van der Waals surface area contributed by atoms with Gasteiger partial charge in [0.1, 0.15) is 17.3 Å². The van der Waals surface area contributed by atoms with Crippen LogP contribution in [0.5, 0.6) is 0 Å². The summed E-state index contributed by atoms with van der Waals surface area (Å²) in [5.74, 6) is -1.33. The molecule has 1 aliphatic rings. The van der Waals surface area contributed by atoms with E-state index in [1.807, 2.05) is 50.4 Å². The zero-order chi connectivity index (χ0) is 29.0. The van der Waals surface area contributed by atoms with Crippen molar-refractivity contribution in [2.75, 3.05) is 6.61 Å². The number of fused-ring (bicyclic) bond motifs is 1. The van der Waals surface area contributed by atoms with Gasteiger partial charge in [0.2, 0.25) is 0 Å². The van der Waals surface area contributed by atoms with Crippen LogP contribution in [0.1, 0.15) is 90.0 Å². The van der Waals surface area contributed by atoms with E-state index in [4.69, 9.17) is 9.72 Å². The van der Waals surface area contributed by atoms with Crippen LogP contribution < -0.4 is 5.32 Å². The minimum Gasteiger partial charge on any atom is -0.385 e. The first-order valence-electron chi connectivity index (χ1n) is 14.6. The number of aromatic nitrogens is 2. The van der Waals surface area contributed by atoms with Crippen molar-refractivity contribution in [1.29, 1.82) is 0 Å². The van der Waals surface area contributed by atoms with Crippen molar-refractivity contribution in [1.82, 2.24) is 14.7 Å². The van der Waals surface area contributed by atoms with Crippen LogP contribution >= 0.6 is 0 Å². The van der Waals surface area contributed by atoms with Crippen molar-refractivity contribution in [2.45, 2.75) is 98.2 Å². The molecule has 0 saturated heterocycles. The highest BCUT2D eigenvalue weighted by Gasteiger charge is 2.42. The molecule has 2 heterocycles. The van der Waals surface area contributed by atoms with Gasteiger partial charge in [-0.1, -0.05) is 27.2 Å². The van der Waals surface area contributed by atoms with Crippen LogP contribution in [-0.2, 0) is 11.2 Å². The third-order valence-corrected chi connectivity index (χ3v) is 7.89. The summed E-state index contributed by atoms with van der Waals surface area (Å²) in [4.78, 5) is 4.74. The number of benzene rings is 1. The summed E-state index contributed by atoms with van der Waals surface area (Å²) >= 11 is 0. The molecule has 7 heteroatoms. The Kier molecular flexibility index (Phi) is 9.47. The molecule has 2 aromatic heterocycles. The monoisotopic (exact) mass is 551 g/mol. The van der Waals surface area contributed by atoms with E-state index in [-0.39, 0.29) is 11.7 Å². The van der Waals surface area contributed by atoms with E-state index in [0.29, 0.717) is 42.1 Å². The number of aryl methyl sites for hydroxylation is 1. The number of imidazole rings is 1. The summed E-state index contributed by atoms with van der Waals surface area (Å²) in [6.45, 7) is 12.6. The number of aliphatic hydroxyl groups is 1. The van der Waals surface area contributed by atoms with Gasteiger partial charge in [0.15, 0.2) is 0 Å². The maximum absolute atomic E-state index is 16.0. The van der Waals surface area contributed by atoms with Crippen molar-refractivity contribution in [3.05, 3.63) is 76.3 Å². The largest absolute Gasteiger partial charge is 0.385 e. The second kappa shape index (κ2) is 12.6. The molecular weight excluding hydrogens is 508 g/mol. The molecule has 2 N–H and O–H groups in total. The number of pyridine rings is 1. The van der Waals surface area contributed by atoms with Crippen molar-refractivity contribution in [3.63, 3.8) is 0 Å². The van der Waals surface area contributed by atoms with Crippen LogP contribution in [0.25, 0.3) is 22.6 Å². The highest BCUT2D eigenvalue weighted by molar-refractivity contribution is 5.74. The van der Waals surface area contributed by atoms with Gasteiger partial charge in [-0.15, -0.1) is 0 Å². The highest BCUT2D eigenvalue weighted by Crippen LogP contribution is 2.41. The van der Waals surface area contributed by atoms with Gasteiger partial charge < -0.3 is 19.6 Å². The van der Waals surface area contributed by atoms with E-state index >= 15 is 8.78 Å². The molecule has 40 heavy (non-hydrogen) atoms. The molecule has 1 aromatic carbocycles. The van der Waals surface area contributed by atoms with Gasteiger partial charge in [0, 0.05) is 36.7 Å². The maximum Gasteiger partial charge on any atom is 0.137 e. The molecule has 216 valence electrons. The standard InChI is InChI=1S/C33H43F2N3O2/c1-7-10-25(40-15-8-2)19-28-32(37-29-16-21(4)11-14-38(28)29)30-26(34)17-24(18-27(30)35)31(22(5)9-3)36-20-23(6)33(39)12-13-33/h11,14,16-18,20,25,36,39H,7-10,12-13,15,19H2,1-6H3/b23-20+,31-22-. The Bertz CT molecular complexity index is 1400. The number of halogens is 2. The minimum atomic E-state index is -0.771. The fraction of sp³-hybridized carbons (Fsp3) is 0.485. The van der Waals surface area contributed by atoms with Gasteiger partial charge in [-0.05, 0) is 93.9 Å². The number of rotatable bonds is 13. The van der Waals surface area contributed by atoms with Crippen molar-refractivity contribution >= 4 is 11.3 Å². The average Bonchev–Trinajstić information content (AvgIpc) is 3.59. The molecule has 0 spiro atoms. The number of hydrogen-bond donors (Lipinski definition) is 2. The van der Waals surface area contributed by atoms with E-state index in [2.05, 4.69) is 19.2 Å². The molecule has 0 aliphatic heterocycles. The maximum atomic E-state index is 16.0. The summed E-state index contributed by atoms with van der Waals surface area (Å²) < 4.78 is 40.0. The third-order valence-electron chi connectivity index (χ3n) is 7.89. The van der Waals surface area contributed by atoms with Crippen LogP contribution in [0.2, 0.25) is 0 Å². The van der Waals surface area contributed by atoms with Gasteiger partial charge >= 0.3 is 0 Å². The zero-order valence-electron chi connectivity index (χ0n) is 24.7. The normalized spacial score (nSPS) is 16.3. The van der Waals surface area contributed by atoms with Crippen LogP contribution in [-0.4, -0.2) is 32.8 Å². The first-order valence-corrected chi connectivity index (χ1v) is 14.6. The lowest BCUT2D eigenvalue weighted by molar-refractivity contribution is 0.0470. The van der Waals surface area contributed by atoms with Gasteiger partial charge in [0.05, 0.1) is 28.7 Å². The van der Waals surface area contributed by atoms with Crippen molar-refractivity contribution in [3.8, 4) is 11.3 Å². The lowest BCUT2D eigenvalue weighted by Gasteiger charge is -2.18. The molecule has 4 rings (SSSR count). The molecule has 1 aliphatic carbocycles. The summed E-state index contributed by atoms with van der Waals surface area (Å²) in [7, 11) is 0. The predicted molar refractivity (Wildman–Crippen MR) is 158 cm³/mol. The van der Waals surface area contributed by atoms with E-state index in [1.54, 1.807) is 6.20 Å². The smallest absolute Gasteiger partial charge is 0.137 e. The van der Waals surface area contributed by atoms with Crippen molar-refractivity contribution in [2.24, 2.45) is 0 Å². The van der Waals surface area contributed by atoms with Gasteiger partial charge in [-0.3, -0.25) is 0 Å². The number of allylic oxidation sites excluding steroid dienone is 1. The Morgan fingerprint density at radius 1 is 1.15 bits per heavy atom. The van der Waals surface area contributed by atoms with Crippen molar-refractivity contribution < 1.29 is 18.6 Å². The average molecular weight is 552 g/mol.